The van der Waals surface area contributed by atoms with Crippen molar-refractivity contribution in [2.45, 2.75) is 0 Å². The number of benzene rings is 8. The van der Waals surface area contributed by atoms with Gasteiger partial charge < -0.3 is 0 Å². The molecule has 10 rings (SSSR count). The van der Waals surface area contributed by atoms with E-state index in [1.807, 2.05) is 12.3 Å². The molecule has 0 fully saturated rings. The molecule has 2 heteroatoms. The zero-order valence-electron chi connectivity index (χ0n) is 26.1. The van der Waals surface area contributed by atoms with Gasteiger partial charge in [-0.2, -0.15) is 0 Å². The van der Waals surface area contributed by atoms with Crippen LogP contribution >= 0.6 is 0 Å². The molecule has 0 unspecified atom stereocenters. The van der Waals surface area contributed by atoms with E-state index in [4.69, 9.17) is 9.97 Å². The minimum Gasteiger partial charge on any atom is -0.254 e. The van der Waals surface area contributed by atoms with E-state index < -0.39 is 0 Å². The van der Waals surface area contributed by atoms with Gasteiger partial charge in [0.2, 0.25) is 0 Å². The van der Waals surface area contributed by atoms with Crippen LogP contribution in [0.4, 0.5) is 0 Å². The van der Waals surface area contributed by atoms with E-state index in [9.17, 15) is 0 Å². The summed E-state index contributed by atoms with van der Waals surface area (Å²) in [4.78, 5) is 9.93. The zero-order valence-corrected chi connectivity index (χ0v) is 26.1. The predicted octanol–water partition coefficient (Wildman–Crippen LogP) is 12.4. The van der Waals surface area contributed by atoms with Gasteiger partial charge in [-0.15, -0.1) is 0 Å². The topological polar surface area (TPSA) is 25.8 Å². The first-order valence-corrected chi connectivity index (χ1v) is 16.4. The molecular weight excluding hydrogens is 581 g/mol. The summed E-state index contributed by atoms with van der Waals surface area (Å²) >= 11 is 0. The van der Waals surface area contributed by atoms with E-state index in [0.717, 1.165) is 33.1 Å². The van der Waals surface area contributed by atoms with Crippen LogP contribution in [-0.2, 0) is 0 Å². The summed E-state index contributed by atoms with van der Waals surface area (Å²) in [6.45, 7) is 0. The quantitative estimate of drug-likeness (QED) is 0.147. The van der Waals surface area contributed by atoms with Crippen LogP contribution in [0, 0.1) is 0 Å². The van der Waals surface area contributed by atoms with E-state index >= 15 is 0 Å². The highest BCUT2D eigenvalue weighted by atomic mass is 14.8. The summed E-state index contributed by atoms with van der Waals surface area (Å²) in [6, 6.07) is 59.2. The molecule has 0 saturated carbocycles. The Hall–Kier alpha value is -6.38. The van der Waals surface area contributed by atoms with Gasteiger partial charge in [-0.05, 0) is 83.5 Å². The lowest BCUT2D eigenvalue weighted by atomic mass is 9.84. The highest BCUT2D eigenvalue weighted by Crippen LogP contribution is 2.46. The van der Waals surface area contributed by atoms with Crippen molar-refractivity contribution in [1.82, 2.24) is 9.97 Å². The fourth-order valence-corrected chi connectivity index (χ4v) is 7.70. The minimum atomic E-state index is 0.931. The third-order valence-corrected chi connectivity index (χ3v) is 9.87. The number of nitrogens with zero attached hydrogens (tertiary/aromatic N) is 2. The van der Waals surface area contributed by atoms with Crippen molar-refractivity contribution < 1.29 is 0 Å². The van der Waals surface area contributed by atoms with Crippen LogP contribution in [0.3, 0.4) is 0 Å². The molecule has 0 saturated heterocycles. The van der Waals surface area contributed by atoms with Crippen molar-refractivity contribution in [3.8, 4) is 33.5 Å². The number of pyridine rings is 2. The van der Waals surface area contributed by atoms with Gasteiger partial charge >= 0.3 is 0 Å². The SMILES string of the molecule is c1ccc2cc(-c3c4ccccc4c(-c4cccc5c(-c6ccc7ccc8cccnc8c7n6)cccc45)c4ccccc34)ccc2c1. The molecule has 48 heavy (non-hydrogen) atoms. The first-order chi connectivity index (χ1) is 23.8. The van der Waals surface area contributed by atoms with Crippen LogP contribution in [0.1, 0.15) is 0 Å². The summed E-state index contributed by atoms with van der Waals surface area (Å²) in [5.41, 5.74) is 8.92. The van der Waals surface area contributed by atoms with Gasteiger partial charge in [0.1, 0.15) is 0 Å². The highest BCUT2D eigenvalue weighted by molar-refractivity contribution is 6.24. The summed E-state index contributed by atoms with van der Waals surface area (Å²) < 4.78 is 0. The molecule has 0 bridgehead atoms. The van der Waals surface area contributed by atoms with Crippen LogP contribution in [0.2, 0.25) is 0 Å². The van der Waals surface area contributed by atoms with E-state index in [-0.39, 0.29) is 0 Å². The molecular formula is C46H28N2. The number of rotatable bonds is 3. The zero-order chi connectivity index (χ0) is 31.6. The average molecular weight is 609 g/mol. The molecule has 2 aromatic heterocycles. The second-order valence-electron chi connectivity index (χ2n) is 12.5. The van der Waals surface area contributed by atoms with Gasteiger partial charge in [0.25, 0.3) is 0 Å². The molecule has 0 amide bonds. The monoisotopic (exact) mass is 608 g/mol. The number of aromatic nitrogens is 2. The Morgan fingerprint density at radius 1 is 0.333 bits per heavy atom. The van der Waals surface area contributed by atoms with Gasteiger partial charge in [0.15, 0.2) is 0 Å². The van der Waals surface area contributed by atoms with Gasteiger partial charge in [0, 0.05) is 22.5 Å². The number of fused-ring (bicyclic) bond motifs is 7. The lowest BCUT2D eigenvalue weighted by Gasteiger charge is -2.19. The van der Waals surface area contributed by atoms with E-state index in [0.29, 0.717) is 0 Å². The number of hydrogen-bond acceptors (Lipinski definition) is 2. The average Bonchev–Trinajstić information content (AvgIpc) is 3.16. The molecule has 222 valence electrons. The fraction of sp³-hybridized carbons (Fsp3) is 0. The van der Waals surface area contributed by atoms with Gasteiger partial charge in [-0.1, -0.05) is 146 Å². The molecule has 0 spiro atoms. The maximum absolute atomic E-state index is 5.23. The summed E-state index contributed by atoms with van der Waals surface area (Å²) in [5, 5.41) is 12.1. The molecule has 0 atom stereocenters. The molecule has 2 nitrogen and oxygen atoms in total. The summed E-state index contributed by atoms with van der Waals surface area (Å²) in [6.07, 6.45) is 1.85. The summed E-state index contributed by atoms with van der Waals surface area (Å²) in [5.74, 6) is 0. The van der Waals surface area contributed by atoms with Gasteiger partial charge in [0.05, 0.1) is 16.7 Å². The standard InChI is InChI=1S/C46H28N2/c1-2-11-32-28-33(24-21-29(32)10-1)43-38-13-3-5-15-40(38)44(41-16-6-4-14-39(41)43)37-20-8-17-34-35(37)18-7-19-36(34)42-26-25-31-23-22-30-12-9-27-47-45(30)46(31)48-42/h1-28H. The molecule has 10 aromatic rings. The van der Waals surface area contributed by atoms with Crippen molar-refractivity contribution >= 4 is 64.9 Å². The third-order valence-electron chi connectivity index (χ3n) is 9.87. The number of hydrogen-bond donors (Lipinski definition) is 0. The van der Waals surface area contributed by atoms with Crippen molar-refractivity contribution in [3.63, 3.8) is 0 Å². The molecule has 2 heterocycles. The lowest BCUT2D eigenvalue weighted by molar-refractivity contribution is 1.37. The van der Waals surface area contributed by atoms with Crippen LogP contribution in [0.5, 0.6) is 0 Å². The molecule has 0 aliphatic rings. The molecule has 8 aromatic carbocycles. The van der Waals surface area contributed by atoms with Crippen molar-refractivity contribution in [3.05, 3.63) is 170 Å². The fourth-order valence-electron chi connectivity index (χ4n) is 7.70. The lowest BCUT2D eigenvalue weighted by Crippen LogP contribution is -1.93. The molecule has 0 aliphatic heterocycles. The van der Waals surface area contributed by atoms with Crippen molar-refractivity contribution in [2.75, 3.05) is 0 Å². The Morgan fingerprint density at radius 3 is 1.62 bits per heavy atom. The van der Waals surface area contributed by atoms with Crippen LogP contribution in [0.25, 0.3) is 98.4 Å². The smallest absolute Gasteiger partial charge is 0.0972 e. The summed E-state index contributed by atoms with van der Waals surface area (Å²) in [7, 11) is 0. The van der Waals surface area contributed by atoms with Gasteiger partial charge in [-0.3, -0.25) is 4.98 Å². The second kappa shape index (κ2) is 10.6. The van der Waals surface area contributed by atoms with E-state index in [1.54, 1.807) is 0 Å². The van der Waals surface area contributed by atoms with E-state index in [2.05, 4.69) is 158 Å². The van der Waals surface area contributed by atoms with Crippen molar-refractivity contribution in [2.24, 2.45) is 0 Å². The second-order valence-corrected chi connectivity index (χ2v) is 12.5. The largest absolute Gasteiger partial charge is 0.254 e. The van der Waals surface area contributed by atoms with Crippen LogP contribution in [0.15, 0.2) is 170 Å². The van der Waals surface area contributed by atoms with Crippen LogP contribution < -0.4 is 0 Å². The predicted molar refractivity (Wildman–Crippen MR) is 203 cm³/mol. The third kappa shape index (κ3) is 4.06. The van der Waals surface area contributed by atoms with Gasteiger partial charge in [-0.25, -0.2) is 4.98 Å². The first kappa shape index (κ1) is 26.8. The first-order valence-electron chi connectivity index (χ1n) is 16.4. The minimum absolute atomic E-state index is 0.931. The molecule has 0 N–H and O–H groups in total. The maximum Gasteiger partial charge on any atom is 0.0972 e. The highest BCUT2D eigenvalue weighted by Gasteiger charge is 2.19. The van der Waals surface area contributed by atoms with Crippen LogP contribution in [-0.4, -0.2) is 9.97 Å². The normalized spacial score (nSPS) is 11.8. The molecule has 0 aliphatic carbocycles. The Labute approximate surface area is 277 Å². The Bertz CT molecular complexity index is 2850. The van der Waals surface area contributed by atoms with E-state index in [1.165, 1.54) is 65.3 Å². The molecule has 0 radical (unpaired) electrons. The maximum atomic E-state index is 5.23. The van der Waals surface area contributed by atoms with Crippen molar-refractivity contribution in [1.29, 1.82) is 0 Å². The Kier molecular flexibility index (Phi) is 5.91. The Balaban J connectivity index is 1.24. The Morgan fingerprint density at radius 2 is 0.875 bits per heavy atom.